The minimum absolute atomic E-state index is 0.0362. The zero-order valence-electron chi connectivity index (χ0n) is 14.0. The number of sulfone groups is 1. The van der Waals surface area contributed by atoms with Crippen molar-refractivity contribution < 1.29 is 22.7 Å². The largest absolute Gasteiger partial charge is 0.485 e. The molecule has 1 fully saturated rings. The van der Waals surface area contributed by atoms with E-state index in [2.05, 4.69) is 0 Å². The number of fused-ring (bicyclic) bond motifs is 1. The van der Waals surface area contributed by atoms with E-state index in [4.69, 9.17) is 9.47 Å². The van der Waals surface area contributed by atoms with Crippen LogP contribution in [0.15, 0.2) is 41.8 Å². The third-order valence-electron chi connectivity index (χ3n) is 4.70. The Bertz CT molecular complexity index is 894. The first kappa shape index (κ1) is 17.4. The number of carbonyl (C=O) groups is 1. The summed E-state index contributed by atoms with van der Waals surface area (Å²) in [5, 5.41) is 1.34. The molecule has 1 aromatic carbocycles. The first-order chi connectivity index (χ1) is 12.5. The number of ether oxygens (including phenoxy) is 2. The highest BCUT2D eigenvalue weighted by atomic mass is 32.2. The van der Waals surface area contributed by atoms with Crippen LogP contribution >= 0.6 is 11.3 Å². The number of nitrogens with zero attached hydrogens (tertiary/aromatic N) is 1. The van der Waals surface area contributed by atoms with Gasteiger partial charge in [-0.25, -0.2) is 8.42 Å². The van der Waals surface area contributed by atoms with Crippen LogP contribution in [0.3, 0.4) is 0 Å². The van der Waals surface area contributed by atoms with Gasteiger partial charge in [-0.05, 0) is 30.0 Å². The number of hydrogen-bond acceptors (Lipinski definition) is 6. The van der Waals surface area contributed by atoms with Gasteiger partial charge < -0.3 is 14.4 Å². The lowest BCUT2D eigenvalue weighted by Crippen LogP contribution is -2.47. The predicted octanol–water partition coefficient (Wildman–Crippen LogP) is 2.28. The van der Waals surface area contributed by atoms with Crippen LogP contribution in [0.25, 0.3) is 0 Å². The molecule has 0 bridgehead atoms. The minimum atomic E-state index is -3.28. The summed E-state index contributed by atoms with van der Waals surface area (Å²) in [4.78, 5) is 15.3. The van der Waals surface area contributed by atoms with Gasteiger partial charge >= 0.3 is 0 Å². The van der Waals surface area contributed by atoms with Crippen molar-refractivity contribution in [1.29, 1.82) is 0 Å². The lowest BCUT2D eigenvalue weighted by molar-refractivity contribution is -0.140. The smallest absolute Gasteiger partial charge is 0.267 e. The van der Waals surface area contributed by atoms with Gasteiger partial charge in [-0.2, -0.15) is 0 Å². The zero-order chi connectivity index (χ0) is 18.1. The van der Waals surface area contributed by atoms with Gasteiger partial charge in [0.2, 0.25) is 6.10 Å². The molecule has 1 aromatic heterocycles. The molecular formula is C18H19NO5S2. The van der Waals surface area contributed by atoms with Crippen molar-refractivity contribution in [3.05, 3.63) is 46.7 Å². The van der Waals surface area contributed by atoms with E-state index in [0.717, 1.165) is 4.88 Å². The van der Waals surface area contributed by atoms with Gasteiger partial charge in [0, 0.05) is 18.0 Å². The number of hydrogen-bond donors (Lipinski definition) is 0. The van der Waals surface area contributed by atoms with E-state index in [-0.39, 0.29) is 24.8 Å². The first-order valence-corrected chi connectivity index (χ1v) is 11.1. The highest BCUT2D eigenvalue weighted by Crippen LogP contribution is 2.34. The number of para-hydroxylation sites is 2. The lowest BCUT2D eigenvalue weighted by Gasteiger charge is -2.30. The van der Waals surface area contributed by atoms with E-state index in [1.807, 2.05) is 29.6 Å². The maximum Gasteiger partial charge on any atom is 0.267 e. The Hall–Kier alpha value is -2.06. The standard InChI is InChI=1S/C18H19NO5S2/c20-18(15-12-23-13-4-1-2-5-14(13)24-15)19-8-7-17(16-6-3-10-25-16)26(21,22)11-9-19/h1-6,10,15,17H,7-9,11-12H2. The highest BCUT2D eigenvalue weighted by molar-refractivity contribution is 7.91. The Morgan fingerprint density at radius 1 is 1.12 bits per heavy atom. The molecule has 2 atom stereocenters. The molecule has 2 unspecified atom stereocenters. The SMILES string of the molecule is O=C(C1COc2ccccc2O1)N1CCC(c2cccs2)S(=O)(=O)CC1. The van der Waals surface area contributed by atoms with E-state index >= 15 is 0 Å². The number of rotatable bonds is 2. The van der Waals surface area contributed by atoms with Crippen LogP contribution in [0.2, 0.25) is 0 Å². The fourth-order valence-electron chi connectivity index (χ4n) is 3.30. The van der Waals surface area contributed by atoms with E-state index < -0.39 is 21.2 Å². The van der Waals surface area contributed by atoms with Gasteiger partial charge in [-0.15, -0.1) is 11.3 Å². The Balaban J connectivity index is 1.48. The molecule has 0 N–H and O–H groups in total. The van der Waals surface area contributed by atoms with Crippen molar-refractivity contribution in [1.82, 2.24) is 4.90 Å². The lowest BCUT2D eigenvalue weighted by atomic mass is 10.2. The van der Waals surface area contributed by atoms with Crippen LogP contribution in [0.4, 0.5) is 0 Å². The van der Waals surface area contributed by atoms with Crippen LogP contribution in [0.5, 0.6) is 11.5 Å². The minimum Gasteiger partial charge on any atom is -0.485 e. The Kier molecular flexibility index (Phi) is 4.62. The molecule has 6 nitrogen and oxygen atoms in total. The number of amides is 1. The maximum atomic E-state index is 12.8. The number of thiophene rings is 1. The fraction of sp³-hybridized carbons (Fsp3) is 0.389. The Morgan fingerprint density at radius 3 is 2.69 bits per heavy atom. The van der Waals surface area contributed by atoms with Gasteiger partial charge in [0.05, 0.1) is 11.0 Å². The van der Waals surface area contributed by atoms with Gasteiger partial charge in [0.1, 0.15) is 6.61 Å². The summed E-state index contributed by atoms with van der Waals surface area (Å²) in [6, 6.07) is 10.9. The van der Waals surface area contributed by atoms with Gasteiger partial charge in [0.25, 0.3) is 5.91 Å². The molecule has 2 aromatic rings. The van der Waals surface area contributed by atoms with Crippen LogP contribution in [0, 0.1) is 0 Å². The highest BCUT2D eigenvalue weighted by Gasteiger charge is 2.37. The van der Waals surface area contributed by atoms with Crippen molar-refractivity contribution >= 4 is 27.1 Å². The Morgan fingerprint density at radius 2 is 1.92 bits per heavy atom. The zero-order valence-corrected chi connectivity index (χ0v) is 15.7. The second-order valence-electron chi connectivity index (χ2n) is 6.35. The van der Waals surface area contributed by atoms with Crippen LogP contribution in [-0.4, -0.2) is 50.8 Å². The first-order valence-electron chi connectivity index (χ1n) is 8.47. The predicted molar refractivity (Wildman–Crippen MR) is 98.4 cm³/mol. The summed E-state index contributed by atoms with van der Waals surface area (Å²) < 4.78 is 36.6. The molecule has 2 aliphatic rings. The van der Waals surface area contributed by atoms with Crippen molar-refractivity contribution in [2.45, 2.75) is 17.8 Å². The summed E-state index contributed by atoms with van der Waals surface area (Å²) in [6.07, 6.45) is -0.343. The summed E-state index contributed by atoms with van der Waals surface area (Å²) >= 11 is 1.44. The molecule has 1 amide bonds. The second-order valence-corrected chi connectivity index (χ2v) is 9.63. The molecule has 3 heterocycles. The molecular weight excluding hydrogens is 374 g/mol. The average molecular weight is 393 g/mol. The summed E-state index contributed by atoms with van der Waals surface area (Å²) in [7, 11) is -3.28. The molecule has 4 rings (SSSR count). The van der Waals surface area contributed by atoms with Crippen molar-refractivity contribution in [2.24, 2.45) is 0 Å². The van der Waals surface area contributed by atoms with E-state index in [1.165, 1.54) is 11.3 Å². The van der Waals surface area contributed by atoms with Crippen LogP contribution < -0.4 is 9.47 Å². The molecule has 0 saturated carbocycles. The molecule has 0 aliphatic carbocycles. The van der Waals surface area contributed by atoms with Crippen LogP contribution in [0.1, 0.15) is 16.5 Å². The summed E-state index contributed by atoms with van der Waals surface area (Å²) in [5.41, 5.74) is 0. The molecule has 8 heteroatoms. The van der Waals surface area contributed by atoms with Gasteiger partial charge in [-0.1, -0.05) is 18.2 Å². The number of benzene rings is 1. The monoisotopic (exact) mass is 393 g/mol. The van der Waals surface area contributed by atoms with E-state index in [0.29, 0.717) is 24.5 Å². The van der Waals surface area contributed by atoms with E-state index in [1.54, 1.807) is 17.0 Å². The van der Waals surface area contributed by atoms with Crippen molar-refractivity contribution in [3.63, 3.8) is 0 Å². The van der Waals surface area contributed by atoms with Gasteiger partial charge in [-0.3, -0.25) is 4.79 Å². The summed E-state index contributed by atoms with van der Waals surface area (Å²) in [5.74, 6) is 0.899. The normalized spacial score (nSPS) is 24.7. The molecule has 0 radical (unpaired) electrons. The molecule has 2 aliphatic heterocycles. The maximum absolute atomic E-state index is 12.8. The second kappa shape index (κ2) is 6.92. The topological polar surface area (TPSA) is 72.9 Å². The van der Waals surface area contributed by atoms with Crippen molar-refractivity contribution in [2.75, 3.05) is 25.4 Å². The quantitative estimate of drug-likeness (QED) is 0.783. The van der Waals surface area contributed by atoms with E-state index in [9.17, 15) is 13.2 Å². The third-order valence-corrected chi connectivity index (χ3v) is 7.94. The van der Waals surface area contributed by atoms with Crippen molar-refractivity contribution in [3.8, 4) is 11.5 Å². The van der Waals surface area contributed by atoms with Crippen LogP contribution in [-0.2, 0) is 14.6 Å². The average Bonchev–Trinajstić information content (AvgIpc) is 3.12. The Labute approximate surface area is 156 Å². The number of carbonyl (C=O) groups excluding carboxylic acids is 1. The molecule has 0 spiro atoms. The molecule has 138 valence electrons. The van der Waals surface area contributed by atoms with Gasteiger partial charge in [0.15, 0.2) is 21.3 Å². The fourth-order valence-corrected chi connectivity index (χ4v) is 6.31. The summed E-state index contributed by atoms with van der Waals surface area (Å²) in [6.45, 7) is 0.708. The molecule has 1 saturated heterocycles. The molecule has 26 heavy (non-hydrogen) atoms. The third kappa shape index (κ3) is 3.31.